The summed E-state index contributed by atoms with van der Waals surface area (Å²) in [4.78, 5) is 0. The molecule has 2 nitrogen and oxygen atoms in total. The SMILES string of the molecule is COC(C)/C=C/CO. The first-order valence-electron chi connectivity index (χ1n) is 2.61. The van der Waals surface area contributed by atoms with E-state index >= 15 is 0 Å². The van der Waals surface area contributed by atoms with E-state index in [1.54, 1.807) is 19.3 Å². The van der Waals surface area contributed by atoms with Crippen LogP contribution in [0.5, 0.6) is 0 Å². The van der Waals surface area contributed by atoms with Gasteiger partial charge in [-0.2, -0.15) is 0 Å². The minimum Gasteiger partial charge on any atom is -0.392 e. The minimum absolute atomic E-state index is 0.0910. The Kier molecular flexibility index (Phi) is 4.61. The fourth-order valence-corrected chi connectivity index (χ4v) is 0.331. The third-order valence-electron chi connectivity index (χ3n) is 0.884. The molecule has 2 heteroatoms. The number of aliphatic hydroxyl groups excluding tert-OH is 1. The summed E-state index contributed by atoms with van der Waals surface area (Å²) in [5.74, 6) is 0. The average molecular weight is 116 g/mol. The highest BCUT2D eigenvalue weighted by Crippen LogP contribution is 1.87. The zero-order valence-corrected chi connectivity index (χ0v) is 5.29. The van der Waals surface area contributed by atoms with E-state index in [-0.39, 0.29) is 12.7 Å². The summed E-state index contributed by atoms with van der Waals surface area (Å²) in [7, 11) is 1.63. The lowest BCUT2D eigenvalue weighted by atomic mass is 10.3. The van der Waals surface area contributed by atoms with E-state index in [0.717, 1.165) is 0 Å². The lowest BCUT2D eigenvalue weighted by Crippen LogP contribution is -1.98. The monoisotopic (exact) mass is 116 g/mol. The molecular formula is C6H12O2. The van der Waals surface area contributed by atoms with Crippen molar-refractivity contribution >= 4 is 0 Å². The minimum atomic E-state index is 0.0910. The number of methoxy groups -OCH3 is 1. The van der Waals surface area contributed by atoms with Gasteiger partial charge in [0.1, 0.15) is 0 Å². The lowest BCUT2D eigenvalue weighted by Gasteiger charge is -1.99. The van der Waals surface area contributed by atoms with Crippen LogP contribution in [0.4, 0.5) is 0 Å². The van der Waals surface area contributed by atoms with Gasteiger partial charge >= 0.3 is 0 Å². The first kappa shape index (κ1) is 7.66. The molecule has 0 aromatic heterocycles. The van der Waals surface area contributed by atoms with Crippen molar-refractivity contribution in [3.8, 4) is 0 Å². The van der Waals surface area contributed by atoms with Crippen LogP contribution in [-0.2, 0) is 4.74 Å². The summed E-state index contributed by atoms with van der Waals surface area (Å²) in [5.41, 5.74) is 0. The summed E-state index contributed by atoms with van der Waals surface area (Å²) in [6.45, 7) is 2.00. The molecule has 0 bridgehead atoms. The number of ether oxygens (including phenoxy) is 1. The zero-order chi connectivity index (χ0) is 6.41. The highest BCUT2D eigenvalue weighted by atomic mass is 16.5. The van der Waals surface area contributed by atoms with Crippen LogP contribution < -0.4 is 0 Å². The maximum absolute atomic E-state index is 8.27. The first-order valence-corrected chi connectivity index (χ1v) is 2.61. The Bertz CT molecular complexity index is 68.9. The molecule has 1 atom stereocenters. The van der Waals surface area contributed by atoms with Crippen LogP contribution >= 0.6 is 0 Å². The molecule has 1 unspecified atom stereocenters. The second kappa shape index (κ2) is 4.81. The summed E-state index contributed by atoms with van der Waals surface area (Å²) in [5, 5.41) is 8.27. The summed E-state index contributed by atoms with van der Waals surface area (Å²) >= 11 is 0. The number of aliphatic hydroxyl groups is 1. The molecule has 0 radical (unpaired) electrons. The smallest absolute Gasteiger partial charge is 0.0724 e. The Labute approximate surface area is 49.8 Å². The number of rotatable bonds is 3. The largest absolute Gasteiger partial charge is 0.392 e. The van der Waals surface area contributed by atoms with Crippen molar-refractivity contribution in [1.82, 2.24) is 0 Å². The van der Waals surface area contributed by atoms with Crippen LogP contribution in [0.1, 0.15) is 6.92 Å². The van der Waals surface area contributed by atoms with E-state index in [1.807, 2.05) is 6.92 Å². The average Bonchev–Trinajstić information content (AvgIpc) is 1.83. The van der Waals surface area contributed by atoms with Crippen LogP contribution in [0.3, 0.4) is 0 Å². The molecule has 0 rings (SSSR count). The molecule has 0 fully saturated rings. The van der Waals surface area contributed by atoms with Gasteiger partial charge in [-0.3, -0.25) is 0 Å². The summed E-state index contributed by atoms with van der Waals surface area (Å²) < 4.78 is 4.85. The summed E-state index contributed by atoms with van der Waals surface area (Å²) in [6.07, 6.45) is 3.58. The number of hydrogen-bond acceptors (Lipinski definition) is 2. The van der Waals surface area contributed by atoms with Crippen LogP contribution in [0, 0.1) is 0 Å². The van der Waals surface area contributed by atoms with E-state index in [1.165, 1.54) is 0 Å². The van der Waals surface area contributed by atoms with E-state index in [2.05, 4.69) is 0 Å². The van der Waals surface area contributed by atoms with E-state index in [0.29, 0.717) is 0 Å². The standard InChI is InChI=1S/C6H12O2/c1-6(8-2)4-3-5-7/h3-4,6-7H,5H2,1-2H3/b4-3+. The quantitative estimate of drug-likeness (QED) is 0.546. The van der Waals surface area contributed by atoms with E-state index in [4.69, 9.17) is 9.84 Å². The third-order valence-corrected chi connectivity index (χ3v) is 0.884. The van der Waals surface area contributed by atoms with Crippen molar-refractivity contribution in [3.05, 3.63) is 12.2 Å². The Morgan fingerprint density at radius 2 is 2.38 bits per heavy atom. The Morgan fingerprint density at radius 1 is 1.75 bits per heavy atom. The van der Waals surface area contributed by atoms with Crippen molar-refractivity contribution < 1.29 is 9.84 Å². The highest BCUT2D eigenvalue weighted by Gasteiger charge is 1.86. The lowest BCUT2D eigenvalue weighted by molar-refractivity contribution is 0.155. The first-order chi connectivity index (χ1) is 3.81. The van der Waals surface area contributed by atoms with Crippen molar-refractivity contribution in [3.63, 3.8) is 0 Å². The van der Waals surface area contributed by atoms with E-state index in [9.17, 15) is 0 Å². The maximum Gasteiger partial charge on any atom is 0.0724 e. The van der Waals surface area contributed by atoms with Crippen molar-refractivity contribution in [2.45, 2.75) is 13.0 Å². The summed E-state index contributed by atoms with van der Waals surface area (Å²) in [6, 6.07) is 0. The maximum atomic E-state index is 8.27. The molecule has 0 aliphatic heterocycles. The van der Waals surface area contributed by atoms with Crippen molar-refractivity contribution in [1.29, 1.82) is 0 Å². The molecule has 0 saturated heterocycles. The van der Waals surface area contributed by atoms with Gasteiger partial charge in [-0.1, -0.05) is 12.2 Å². The van der Waals surface area contributed by atoms with Gasteiger partial charge in [0.05, 0.1) is 12.7 Å². The molecule has 8 heavy (non-hydrogen) atoms. The van der Waals surface area contributed by atoms with Gasteiger partial charge in [0, 0.05) is 7.11 Å². The molecular weight excluding hydrogens is 104 g/mol. The molecule has 0 saturated carbocycles. The molecule has 0 aromatic rings. The Morgan fingerprint density at radius 3 is 2.75 bits per heavy atom. The molecule has 0 aromatic carbocycles. The molecule has 1 N–H and O–H groups in total. The van der Waals surface area contributed by atoms with Crippen molar-refractivity contribution in [2.24, 2.45) is 0 Å². The topological polar surface area (TPSA) is 29.5 Å². The van der Waals surface area contributed by atoms with Gasteiger partial charge < -0.3 is 9.84 Å². The van der Waals surface area contributed by atoms with Gasteiger partial charge in [0.25, 0.3) is 0 Å². The van der Waals surface area contributed by atoms with Gasteiger partial charge in [0.15, 0.2) is 0 Å². The van der Waals surface area contributed by atoms with Gasteiger partial charge in [-0.05, 0) is 6.92 Å². The fraction of sp³-hybridized carbons (Fsp3) is 0.667. The molecule has 0 spiro atoms. The van der Waals surface area contributed by atoms with Crippen LogP contribution in [0.25, 0.3) is 0 Å². The van der Waals surface area contributed by atoms with Gasteiger partial charge in [0.2, 0.25) is 0 Å². The molecule has 0 heterocycles. The number of hydrogen-bond donors (Lipinski definition) is 1. The fourth-order valence-electron chi connectivity index (χ4n) is 0.331. The van der Waals surface area contributed by atoms with Crippen LogP contribution in [0.15, 0.2) is 12.2 Å². The van der Waals surface area contributed by atoms with Gasteiger partial charge in [-0.25, -0.2) is 0 Å². The molecule has 48 valence electrons. The van der Waals surface area contributed by atoms with Crippen LogP contribution in [-0.4, -0.2) is 24.9 Å². The second-order valence-corrected chi connectivity index (χ2v) is 1.55. The van der Waals surface area contributed by atoms with Crippen LogP contribution in [0.2, 0.25) is 0 Å². The highest BCUT2D eigenvalue weighted by molar-refractivity contribution is 4.86. The normalized spacial score (nSPS) is 14.9. The van der Waals surface area contributed by atoms with Gasteiger partial charge in [-0.15, -0.1) is 0 Å². The molecule has 0 aliphatic carbocycles. The van der Waals surface area contributed by atoms with Crippen molar-refractivity contribution in [2.75, 3.05) is 13.7 Å². The zero-order valence-electron chi connectivity index (χ0n) is 5.29. The predicted molar refractivity (Wildman–Crippen MR) is 32.7 cm³/mol. The molecule has 0 aliphatic rings. The second-order valence-electron chi connectivity index (χ2n) is 1.55. The third kappa shape index (κ3) is 3.84. The predicted octanol–water partition coefficient (Wildman–Crippen LogP) is 0.570. The van der Waals surface area contributed by atoms with E-state index < -0.39 is 0 Å². The Balaban J connectivity index is 3.21. The Hall–Kier alpha value is -0.340. The molecule has 0 amide bonds.